The van der Waals surface area contributed by atoms with Gasteiger partial charge in [-0.15, -0.1) is 10.2 Å². The van der Waals surface area contributed by atoms with E-state index < -0.39 is 0 Å². The van der Waals surface area contributed by atoms with Gasteiger partial charge in [0.05, 0.1) is 5.69 Å². The summed E-state index contributed by atoms with van der Waals surface area (Å²) in [5, 5.41) is 8.92. The van der Waals surface area contributed by atoms with Gasteiger partial charge in [-0.05, 0) is 32.4 Å². The number of carbonyl (C=O) groups excluding carboxylic acids is 1. The Hall–Kier alpha value is -1.82. The van der Waals surface area contributed by atoms with E-state index in [9.17, 15) is 4.79 Å². The summed E-state index contributed by atoms with van der Waals surface area (Å²) >= 11 is 1.43. The molecule has 0 spiro atoms. The van der Waals surface area contributed by atoms with Gasteiger partial charge in [-0.3, -0.25) is 9.36 Å². The van der Waals surface area contributed by atoms with Crippen LogP contribution in [0.25, 0.3) is 5.69 Å². The molecule has 0 saturated carbocycles. The highest BCUT2D eigenvalue weighted by Crippen LogP contribution is 2.33. The zero-order valence-corrected chi connectivity index (χ0v) is 13.1. The third-order valence-corrected chi connectivity index (χ3v) is 4.67. The second-order valence-corrected chi connectivity index (χ2v) is 6.41. The lowest BCUT2D eigenvalue weighted by molar-refractivity contribution is -0.140. The largest absolute Gasteiger partial charge is 0.462 e. The van der Waals surface area contributed by atoms with Crippen LogP contribution in [-0.4, -0.2) is 32.1 Å². The first-order valence-electron chi connectivity index (χ1n) is 6.91. The minimum atomic E-state index is -0.202. The fourth-order valence-corrected chi connectivity index (χ4v) is 3.65. The van der Waals surface area contributed by atoms with Gasteiger partial charge in [0.2, 0.25) is 0 Å². The molecule has 0 N–H and O–H groups in total. The number of ether oxygens (including phenoxy) is 1. The van der Waals surface area contributed by atoms with Crippen LogP contribution in [0.1, 0.15) is 24.7 Å². The normalized spacial score (nSPS) is 21.6. The van der Waals surface area contributed by atoms with Crippen molar-refractivity contribution in [3.05, 3.63) is 35.7 Å². The highest BCUT2D eigenvalue weighted by atomic mass is 32.2. The third-order valence-electron chi connectivity index (χ3n) is 3.53. The number of rotatable bonds is 3. The minimum Gasteiger partial charge on any atom is -0.462 e. The predicted molar refractivity (Wildman–Crippen MR) is 80.6 cm³/mol. The molecule has 0 unspecified atom stereocenters. The van der Waals surface area contributed by atoms with Crippen LogP contribution in [0.4, 0.5) is 0 Å². The topological polar surface area (TPSA) is 57.0 Å². The van der Waals surface area contributed by atoms with Crippen LogP contribution in [-0.2, 0) is 9.53 Å². The number of aryl methyl sites for hydroxylation is 2. The van der Waals surface area contributed by atoms with Crippen LogP contribution in [0.15, 0.2) is 29.4 Å². The maximum Gasteiger partial charge on any atom is 0.319 e. The van der Waals surface area contributed by atoms with Crippen molar-refractivity contribution in [2.75, 3.05) is 0 Å². The summed E-state index contributed by atoms with van der Waals surface area (Å²) in [4.78, 5) is 11.8. The number of benzene rings is 1. The molecule has 5 nitrogen and oxygen atoms in total. The lowest BCUT2D eigenvalue weighted by Gasteiger charge is -2.12. The van der Waals surface area contributed by atoms with Crippen LogP contribution in [0.2, 0.25) is 0 Å². The van der Waals surface area contributed by atoms with Crippen LogP contribution in [0.5, 0.6) is 0 Å². The second kappa shape index (κ2) is 5.52. The first kappa shape index (κ1) is 14.1. The Morgan fingerprint density at radius 2 is 2.05 bits per heavy atom. The Morgan fingerprint density at radius 3 is 2.71 bits per heavy atom. The summed E-state index contributed by atoms with van der Waals surface area (Å²) in [6, 6.07) is 8.07. The van der Waals surface area contributed by atoms with Gasteiger partial charge in [0.15, 0.2) is 5.16 Å². The molecule has 110 valence electrons. The molecule has 1 aromatic carbocycles. The van der Waals surface area contributed by atoms with Crippen molar-refractivity contribution in [1.82, 2.24) is 14.8 Å². The van der Waals surface area contributed by atoms with Gasteiger partial charge in [-0.2, -0.15) is 0 Å². The number of para-hydroxylation sites is 1. The molecule has 0 aliphatic carbocycles. The monoisotopic (exact) mass is 303 g/mol. The molecule has 0 bridgehead atoms. The number of carbonyl (C=O) groups is 1. The summed E-state index contributed by atoms with van der Waals surface area (Å²) in [6.07, 6.45) is 0.689. The molecule has 3 rings (SSSR count). The van der Waals surface area contributed by atoms with E-state index in [4.69, 9.17) is 4.74 Å². The maximum atomic E-state index is 11.8. The predicted octanol–water partition coefficient (Wildman–Crippen LogP) is 2.68. The minimum absolute atomic E-state index is 0.0223. The number of thioether (sulfide) groups is 1. The lowest BCUT2D eigenvalue weighted by atomic mass is 10.2. The first-order valence-corrected chi connectivity index (χ1v) is 7.79. The van der Waals surface area contributed by atoms with Crippen molar-refractivity contribution in [3.8, 4) is 5.69 Å². The molecule has 1 aliphatic rings. The van der Waals surface area contributed by atoms with E-state index in [0.717, 1.165) is 22.2 Å². The number of esters is 1. The zero-order chi connectivity index (χ0) is 15.0. The van der Waals surface area contributed by atoms with Gasteiger partial charge in [0.1, 0.15) is 17.2 Å². The van der Waals surface area contributed by atoms with Crippen molar-refractivity contribution < 1.29 is 9.53 Å². The summed E-state index contributed by atoms with van der Waals surface area (Å²) in [6.45, 7) is 5.88. The quantitative estimate of drug-likeness (QED) is 0.816. The van der Waals surface area contributed by atoms with Crippen LogP contribution in [0, 0.1) is 13.8 Å². The number of aromatic nitrogens is 3. The molecule has 21 heavy (non-hydrogen) atoms. The Labute approximate surface area is 127 Å². The van der Waals surface area contributed by atoms with E-state index in [0.29, 0.717) is 6.42 Å². The molecule has 1 saturated heterocycles. The number of nitrogens with zero attached hydrogens (tertiary/aromatic N) is 3. The standard InChI is InChI=1S/C15H17N3O2S/c1-9-6-4-5-7-12(9)18-11(3)16-17-15(18)21-13-8-10(2)20-14(13)19/h4-7,10,13H,8H2,1-3H3/t10-,13+/m1/s1. The molecule has 6 heteroatoms. The number of cyclic esters (lactones) is 1. The summed E-state index contributed by atoms with van der Waals surface area (Å²) in [7, 11) is 0. The van der Waals surface area contributed by atoms with Crippen molar-refractivity contribution in [3.63, 3.8) is 0 Å². The third kappa shape index (κ3) is 2.68. The van der Waals surface area contributed by atoms with Gasteiger partial charge in [0.25, 0.3) is 0 Å². The molecule has 2 atom stereocenters. The molecule has 0 amide bonds. The van der Waals surface area contributed by atoms with Gasteiger partial charge < -0.3 is 4.74 Å². The Morgan fingerprint density at radius 1 is 1.29 bits per heavy atom. The summed E-state index contributed by atoms with van der Waals surface area (Å²) in [5.41, 5.74) is 2.19. The van der Waals surface area contributed by atoms with E-state index in [1.54, 1.807) is 0 Å². The average Bonchev–Trinajstić information content (AvgIpc) is 2.94. The summed E-state index contributed by atoms with van der Waals surface area (Å²) in [5.74, 6) is 0.649. The van der Waals surface area contributed by atoms with E-state index in [-0.39, 0.29) is 17.3 Å². The Kier molecular flexibility index (Phi) is 3.71. The first-order chi connectivity index (χ1) is 10.1. The molecule has 1 aliphatic heterocycles. The molecule has 2 heterocycles. The van der Waals surface area contributed by atoms with Gasteiger partial charge in [0, 0.05) is 6.42 Å². The highest BCUT2D eigenvalue weighted by Gasteiger charge is 2.34. The van der Waals surface area contributed by atoms with E-state index in [1.165, 1.54) is 11.8 Å². The van der Waals surface area contributed by atoms with E-state index in [1.807, 2.05) is 36.6 Å². The Balaban J connectivity index is 1.95. The second-order valence-electron chi connectivity index (χ2n) is 5.24. The number of hydrogen-bond donors (Lipinski definition) is 0. The fraction of sp³-hybridized carbons (Fsp3) is 0.400. The fourth-order valence-electron chi connectivity index (χ4n) is 2.45. The lowest BCUT2D eigenvalue weighted by Crippen LogP contribution is -2.11. The molecule has 1 fully saturated rings. The van der Waals surface area contributed by atoms with Crippen LogP contribution in [0.3, 0.4) is 0 Å². The Bertz CT molecular complexity index is 683. The van der Waals surface area contributed by atoms with Crippen LogP contribution >= 0.6 is 11.8 Å². The molecule has 0 radical (unpaired) electrons. The number of hydrogen-bond acceptors (Lipinski definition) is 5. The van der Waals surface area contributed by atoms with E-state index in [2.05, 4.69) is 23.2 Å². The maximum absolute atomic E-state index is 11.8. The zero-order valence-electron chi connectivity index (χ0n) is 12.2. The smallest absolute Gasteiger partial charge is 0.319 e. The highest BCUT2D eigenvalue weighted by molar-refractivity contribution is 8.00. The molecule has 1 aromatic heterocycles. The van der Waals surface area contributed by atoms with Crippen molar-refractivity contribution in [2.45, 2.75) is 43.7 Å². The van der Waals surface area contributed by atoms with Crippen molar-refractivity contribution in [1.29, 1.82) is 0 Å². The average molecular weight is 303 g/mol. The summed E-state index contributed by atoms with van der Waals surface area (Å²) < 4.78 is 7.20. The molecular formula is C15H17N3O2S. The SMILES string of the molecule is Cc1ccccc1-n1c(C)nnc1S[C@H]1C[C@@H](C)OC1=O. The van der Waals surface area contributed by atoms with Crippen LogP contribution < -0.4 is 0 Å². The van der Waals surface area contributed by atoms with Gasteiger partial charge >= 0.3 is 5.97 Å². The molecular weight excluding hydrogens is 286 g/mol. The van der Waals surface area contributed by atoms with Gasteiger partial charge in [-0.1, -0.05) is 30.0 Å². The van der Waals surface area contributed by atoms with Crippen molar-refractivity contribution in [2.24, 2.45) is 0 Å². The van der Waals surface area contributed by atoms with E-state index >= 15 is 0 Å². The van der Waals surface area contributed by atoms with Crippen molar-refractivity contribution >= 4 is 17.7 Å². The van der Waals surface area contributed by atoms with Gasteiger partial charge in [-0.25, -0.2) is 0 Å². The molecule has 2 aromatic rings.